The molecule has 132 valence electrons. The molecule has 7 heteroatoms. The highest BCUT2D eigenvalue weighted by Crippen LogP contribution is 2.23. The van der Waals surface area contributed by atoms with Gasteiger partial charge in [-0.05, 0) is 50.2 Å². The van der Waals surface area contributed by atoms with Crippen LogP contribution in [0.15, 0.2) is 54.6 Å². The lowest BCUT2D eigenvalue weighted by atomic mass is 10.3. The maximum Gasteiger partial charge on any atom is 0.323 e. The lowest BCUT2D eigenvalue weighted by Crippen LogP contribution is -2.21. The molecule has 26 heavy (non-hydrogen) atoms. The summed E-state index contributed by atoms with van der Waals surface area (Å²) in [5.74, 6) is 0.256. The zero-order valence-corrected chi connectivity index (χ0v) is 14.3. The molecule has 0 aliphatic carbocycles. The van der Waals surface area contributed by atoms with E-state index < -0.39 is 6.03 Å². The molecular formula is C19H17FN4O2. The van der Waals surface area contributed by atoms with Gasteiger partial charge in [-0.2, -0.15) is 9.97 Å². The summed E-state index contributed by atoms with van der Waals surface area (Å²) >= 11 is 0. The Labute approximate surface area is 150 Å². The SMILES string of the molecule is Cc1nc(Oc2ccccc2)nc(C)c1NC(=O)Nc1ccc(F)cc1. The number of urea groups is 1. The first-order valence-corrected chi connectivity index (χ1v) is 7.93. The van der Waals surface area contributed by atoms with Crippen LogP contribution in [0.2, 0.25) is 0 Å². The van der Waals surface area contributed by atoms with Crippen LogP contribution in [-0.4, -0.2) is 16.0 Å². The fourth-order valence-electron chi connectivity index (χ4n) is 2.32. The Balaban J connectivity index is 1.71. The van der Waals surface area contributed by atoms with Crippen molar-refractivity contribution in [1.29, 1.82) is 0 Å². The number of para-hydroxylation sites is 1. The number of carbonyl (C=O) groups is 1. The number of hydrogen-bond donors (Lipinski definition) is 2. The van der Waals surface area contributed by atoms with E-state index in [1.54, 1.807) is 26.0 Å². The third-order valence-corrected chi connectivity index (χ3v) is 3.54. The smallest absolute Gasteiger partial charge is 0.323 e. The van der Waals surface area contributed by atoms with Crippen molar-refractivity contribution < 1.29 is 13.9 Å². The van der Waals surface area contributed by atoms with Gasteiger partial charge in [0.05, 0.1) is 17.1 Å². The Hall–Kier alpha value is -3.48. The zero-order valence-electron chi connectivity index (χ0n) is 14.3. The summed E-state index contributed by atoms with van der Waals surface area (Å²) in [6.45, 7) is 3.50. The van der Waals surface area contributed by atoms with Gasteiger partial charge in [0, 0.05) is 5.69 Å². The number of rotatable bonds is 4. The van der Waals surface area contributed by atoms with E-state index in [9.17, 15) is 9.18 Å². The van der Waals surface area contributed by atoms with Crippen molar-refractivity contribution in [2.45, 2.75) is 13.8 Å². The molecule has 0 atom stereocenters. The second kappa shape index (κ2) is 7.60. The molecule has 6 nitrogen and oxygen atoms in total. The summed E-state index contributed by atoms with van der Waals surface area (Å²) in [6, 6.07) is 14.4. The standard InChI is InChI=1S/C19H17FN4O2/c1-12-17(24-18(25)23-15-10-8-14(20)9-11-15)13(2)22-19(21-12)26-16-6-4-3-5-7-16/h3-11H,1-2H3,(H2,23,24,25). The van der Waals surface area contributed by atoms with Gasteiger partial charge in [-0.15, -0.1) is 0 Å². The molecule has 0 fully saturated rings. The van der Waals surface area contributed by atoms with Crippen LogP contribution in [0.5, 0.6) is 11.8 Å². The quantitative estimate of drug-likeness (QED) is 0.715. The van der Waals surface area contributed by atoms with Crippen molar-refractivity contribution in [2.24, 2.45) is 0 Å². The molecule has 0 spiro atoms. The predicted octanol–water partition coefficient (Wildman–Crippen LogP) is 4.67. The maximum absolute atomic E-state index is 12.9. The van der Waals surface area contributed by atoms with Gasteiger partial charge in [0.2, 0.25) is 0 Å². The number of nitrogens with zero attached hydrogens (tertiary/aromatic N) is 2. The summed E-state index contributed by atoms with van der Waals surface area (Å²) < 4.78 is 18.5. The van der Waals surface area contributed by atoms with Crippen molar-refractivity contribution in [1.82, 2.24) is 9.97 Å². The second-order valence-electron chi connectivity index (χ2n) is 5.55. The second-order valence-corrected chi connectivity index (χ2v) is 5.55. The number of hydrogen-bond acceptors (Lipinski definition) is 4. The first kappa shape index (κ1) is 17.3. The van der Waals surface area contributed by atoms with E-state index in [0.717, 1.165) is 0 Å². The lowest BCUT2D eigenvalue weighted by molar-refractivity contribution is 0.262. The Morgan fingerprint density at radius 1 is 0.923 bits per heavy atom. The Kier molecular flexibility index (Phi) is 5.07. The van der Waals surface area contributed by atoms with Gasteiger partial charge in [-0.1, -0.05) is 18.2 Å². The molecule has 1 aromatic heterocycles. The Morgan fingerprint density at radius 2 is 1.54 bits per heavy atom. The Morgan fingerprint density at radius 3 is 2.15 bits per heavy atom. The van der Waals surface area contributed by atoms with Crippen molar-refractivity contribution in [2.75, 3.05) is 10.6 Å². The van der Waals surface area contributed by atoms with Crippen molar-refractivity contribution in [3.8, 4) is 11.8 Å². The maximum atomic E-state index is 12.9. The average Bonchev–Trinajstić information content (AvgIpc) is 2.61. The highest BCUT2D eigenvalue weighted by atomic mass is 19.1. The van der Waals surface area contributed by atoms with E-state index in [2.05, 4.69) is 20.6 Å². The molecule has 2 aromatic carbocycles. The summed E-state index contributed by atoms with van der Waals surface area (Å²) in [5.41, 5.74) is 2.10. The van der Waals surface area contributed by atoms with E-state index in [-0.39, 0.29) is 11.8 Å². The molecule has 0 unspecified atom stereocenters. The van der Waals surface area contributed by atoms with Crippen LogP contribution in [0.3, 0.4) is 0 Å². The lowest BCUT2D eigenvalue weighted by Gasteiger charge is -2.13. The van der Waals surface area contributed by atoms with Crippen LogP contribution in [0, 0.1) is 19.7 Å². The zero-order chi connectivity index (χ0) is 18.5. The van der Waals surface area contributed by atoms with Gasteiger partial charge in [-0.25, -0.2) is 9.18 Å². The number of halogens is 1. The molecule has 1 heterocycles. The number of amides is 2. The first-order valence-electron chi connectivity index (χ1n) is 7.93. The largest absolute Gasteiger partial charge is 0.424 e. The van der Waals surface area contributed by atoms with E-state index in [1.807, 2.05) is 18.2 Å². The third kappa shape index (κ3) is 4.32. The first-order chi connectivity index (χ1) is 12.5. The number of anilines is 2. The van der Waals surface area contributed by atoms with Crippen LogP contribution in [0.25, 0.3) is 0 Å². The number of aryl methyl sites for hydroxylation is 2. The number of carbonyl (C=O) groups excluding carboxylic acids is 1. The molecular weight excluding hydrogens is 335 g/mol. The highest BCUT2D eigenvalue weighted by molar-refractivity contribution is 6.00. The fourth-order valence-corrected chi connectivity index (χ4v) is 2.32. The van der Waals surface area contributed by atoms with Gasteiger partial charge in [0.15, 0.2) is 0 Å². The van der Waals surface area contributed by atoms with E-state index in [4.69, 9.17) is 4.74 Å². The summed E-state index contributed by atoms with van der Waals surface area (Å²) in [5, 5.41) is 5.33. The van der Waals surface area contributed by atoms with Crippen molar-refractivity contribution >= 4 is 17.4 Å². The topological polar surface area (TPSA) is 76.1 Å². The van der Waals surface area contributed by atoms with Crippen LogP contribution in [-0.2, 0) is 0 Å². The highest BCUT2D eigenvalue weighted by Gasteiger charge is 2.13. The summed E-state index contributed by atoms with van der Waals surface area (Å²) in [6.07, 6.45) is 0. The monoisotopic (exact) mass is 352 g/mol. The number of aromatic nitrogens is 2. The van der Waals surface area contributed by atoms with Crippen molar-refractivity contribution in [3.05, 3.63) is 71.8 Å². The molecule has 0 saturated heterocycles. The Bertz CT molecular complexity index is 892. The summed E-state index contributed by atoms with van der Waals surface area (Å²) in [4.78, 5) is 20.7. The molecule has 2 amide bonds. The molecule has 3 aromatic rings. The minimum absolute atomic E-state index is 0.204. The number of nitrogens with one attached hydrogen (secondary N) is 2. The van der Waals surface area contributed by atoms with Gasteiger partial charge >= 0.3 is 12.0 Å². The van der Waals surface area contributed by atoms with Gasteiger partial charge in [-0.3, -0.25) is 0 Å². The molecule has 0 aliphatic heterocycles. The average molecular weight is 352 g/mol. The molecule has 0 aliphatic rings. The molecule has 0 radical (unpaired) electrons. The fraction of sp³-hybridized carbons (Fsp3) is 0.105. The van der Waals surface area contributed by atoms with Crippen LogP contribution >= 0.6 is 0 Å². The van der Waals surface area contributed by atoms with E-state index >= 15 is 0 Å². The van der Waals surface area contributed by atoms with E-state index in [0.29, 0.717) is 28.5 Å². The summed E-state index contributed by atoms with van der Waals surface area (Å²) in [7, 11) is 0. The van der Waals surface area contributed by atoms with E-state index in [1.165, 1.54) is 24.3 Å². The molecule has 0 bridgehead atoms. The van der Waals surface area contributed by atoms with Gasteiger partial charge in [0.25, 0.3) is 0 Å². The number of benzene rings is 2. The van der Waals surface area contributed by atoms with Gasteiger partial charge < -0.3 is 15.4 Å². The predicted molar refractivity (Wildman–Crippen MR) is 97.1 cm³/mol. The van der Waals surface area contributed by atoms with Crippen LogP contribution < -0.4 is 15.4 Å². The number of ether oxygens (including phenoxy) is 1. The molecule has 0 saturated carbocycles. The minimum atomic E-state index is -0.469. The molecule has 2 N–H and O–H groups in total. The van der Waals surface area contributed by atoms with Gasteiger partial charge in [0.1, 0.15) is 11.6 Å². The van der Waals surface area contributed by atoms with Crippen LogP contribution in [0.1, 0.15) is 11.4 Å². The third-order valence-electron chi connectivity index (χ3n) is 3.54. The minimum Gasteiger partial charge on any atom is -0.424 e. The van der Waals surface area contributed by atoms with Crippen LogP contribution in [0.4, 0.5) is 20.6 Å². The molecule has 3 rings (SSSR count). The normalized spacial score (nSPS) is 10.3. The van der Waals surface area contributed by atoms with Crippen molar-refractivity contribution in [3.63, 3.8) is 0 Å².